The van der Waals surface area contributed by atoms with Crippen molar-refractivity contribution in [1.82, 2.24) is 55.0 Å². The molecule has 6 heterocycles. The van der Waals surface area contributed by atoms with Crippen molar-refractivity contribution in [2.75, 3.05) is 56.0 Å². The third-order valence-electron chi connectivity index (χ3n) is 14.4. The maximum absolute atomic E-state index is 14.1. The molecular formula is C58H75N13O7S. The van der Waals surface area contributed by atoms with E-state index in [9.17, 15) is 34.2 Å². The van der Waals surface area contributed by atoms with Crippen molar-refractivity contribution in [2.24, 2.45) is 5.41 Å². The first-order valence-corrected chi connectivity index (χ1v) is 28.1. The van der Waals surface area contributed by atoms with E-state index in [4.69, 9.17) is 4.98 Å². The van der Waals surface area contributed by atoms with E-state index < -0.39 is 35.1 Å². The highest BCUT2D eigenvalue weighted by atomic mass is 32.1. The molecular weight excluding hydrogens is 1020 g/mol. The molecule has 2 aliphatic rings. The number of unbranched alkanes of at least 4 members (excludes halogenated alkanes) is 2. The summed E-state index contributed by atoms with van der Waals surface area (Å²) in [6.07, 6.45) is 5.80. The van der Waals surface area contributed by atoms with Gasteiger partial charge in [0.25, 0.3) is 5.56 Å². The van der Waals surface area contributed by atoms with E-state index in [2.05, 4.69) is 64.7 Å². The molecule has 2 fully saturated rings. The molecule has 0 aliphatic carbocycles. The molecule has 2 aromatic carbocycles. The molecule has 3 unspecified atom stereocenters. The first-order valence-electron chi connectivity index (χ1n) is 27.2. The number of hydrogen-bond acceptors (Lipinski definition) is 15. The predicted molar refractivity (Wildman–Crippen MR) is 307 cm³/mol. The number of β-amino-alcohol motifs (C(OH)–C–C–N with tert-alkyl or cyclic N) is 1. The average molecular weight is 1100 g/mol. The van der Waals surface area contributed by atoms with Crippen LogP contribution in [0.2, 0.25) is 0 Å². The van der Waals surface area contributed by atoms with Gasteiger partial charge in [-0.1, -0.05) is 63.6 Å². The fourth-order valence-corrected chi connectivity index (χ4v) is 10.8. The van der Waals surface area contributed by atoms with E-state index >= 15 is 0 Å². The second kappa shape index (κ2) is 25.6. The highest BCUT2D eigenvalue weighted by molar-refractivity contribution is 7.13. The Balaban J connectivity index is 0.712. The summed E-state index contributed by atoms with van der Waals surface area (Å²) in [6.45, 7) is 20.0. The number of rotatable bonds is 23. The summed E-state index contributed by atoms with van der Waals surface area (Å²) >= 11 is 1.57. The van der Waals surface area contributed by atoms with Crippen molar-refractivity contribution < 1.29 is 29.4 Å². The van der Waals surface area contributed by atoms with Crippen molar-refractivity contribution in [3.05, 3.63) is 118 Å². The van der Waals surface area contributed by atoms with Crippen LogP contribution >= 0.6 is 11.3 Å². The number of anilines is 3. The molecule has 420 valence electrons. The molecule has 0 spiro atoms. The average Bonchev–Trinajstić information content (AvgIpc) is 4.35. The summed E-state index contributed by atoms with van der Waals surface area (Å²) in [5, 5.41) is 33.7. The first kappa shape index (κ1) is 57.8. The number of aliphatic hydroxyl groups excluding tert-OH is 1. The van der Waals surface area contributed by atoms with Crippen LogP contribution < -0.4 is 31.7 Å². The number of aromatic nitrogens is 6. The monoisotopic (exact) mass is 1100 g/mol. The number of nitrogens with one attached hydrogen (secondary N) is 4. The van der Waals surface area contributed by atoms with E-state index in [1.807, 2.05) is 69.6 Å². The minimum absolute atomic E-state index is 0.00426. The molecule has 0 radical (unpaired) electrons. The normalized spacial score (nSPS) is 16.5. The number of thiazole rings is 1. The zero-order valence-electron chi connectivity index (χ0n) is 46.2. The van der Waals surface area contributed by atoms with Gasteiger partial charge in [0.2, 0.25) is 29.6 Å². The molecule has 6 N–H and O–H groups in total. The van der Waals surface area contributed by atoms with Gasteiger partial charge in [-0.3, -0.25) is 28.9 Å². The zero-order valence-corrected chi connectivity index (χ0v) is 47.0. The number of likely N-dealkylation sites (tertiary alicyclic amines) is 1. The number of carbonyl (C=O) groups is 4. The van der Waals surface area contributed by atoms with E-state index in [0.717, 1.165) is 85.1 Å². The third kappa shape index (κ3) is 14.7. The molecule has 3 atom stereocenters. The van der Waals surface area contributed by atoms with Gasteiger partial charge >= 0.3 is 0 Å². The number of piperazine rings is 1. The molecule has 21 heteroatoms. The summed E-state index contributed by atoms with van der Waals surface area (Å²) in [4.78, 5) is 92.3. The lowest BCUT2D eigenvalue weighted by Crippen LogP contribution is -2.57. The number of carbonyl (C=O) groups excluding carboxylic acids is 4. The van der Waals surface area contributed by atoms with Gasteiger partial charge in [0.1, 0.15) is 23.1 Å². The van der Waals surface area contributed by atoms with Crippen molar-refractivity contribution in [2.45, 2.75) is 123 Å². The van der Waals surface area contributed by atoms with Gasteiger partial charge in [0, 0.05) is 82.6 Å². The van der Waals surface area contributed by atoms with Crippen molar-refractivity contribution in [3.8, 4) is 16.3 Å². The van der Waals surface area contributed by atoms with Gasteiger partial charge in [0.15, 0.2) is 11.5 Å². The van der Waals surface area contributed by atoms with Crippen LogP contribution in [-0.2, 0) is 37.9 Å². The molecule has 4 aromatic heterocycles. The topological polar surface area (TPSA) is 245 Å². The lowest BCUT2D eigenvalue weighted by atomic mass is 9.85. The summed E-state index contributed by atoms with van der Waals surface area (Å²) in [5.74, 6) is -0.273. The number of aryl methyl sites for hydroxylation is 1. The van der Waals surface area contributed by atoms with E-state index in [-0.39, 0.29) is 55.8 Å². The lowest BCUT2D eigenvalue weighted by Gasteiger charge is -2.36. The van der Waals surface area contributed by atoms with Crippen molar-refractivity contribution in [3.63, 3.8) is 0 Å². The quantitative estimate of drug-likeness (QED) is 0.0321. The molecule has 20 nitrogen and oxygen atoms in total. The van der Waals surface area contributed by atoms with Gasteiger partial charge in [-0.15, -0.1) is 17.9 Å². The van der Waals surface area contributed by atoms with Crippen LogP contribution in [0.5, 0.6) is 0 Å². The van der Waals surface area contributed by atoms with Crippen LogP contribution in [0.25, 0.3) is 27.3 Å². The van der Waals surface area contributed by atoms with Gasteiger partial charge in [-0.2, -0.15) is 4.98 Å². The van der Waals surface area contributed by atoms with Gasteiger partial charge in [-0.25, -0.2) is 24.3 Å². The lowest BCUT2D eigenvalue weighted by molar-refractivity contribution is -0.144. The maximum Gasteiger partial charge on any atom is 0.278 e. The molecule has 2 aliphatic heterocycles. The van der Waals surface area contributed by atoms with Crippen LogP contribution in [0.4, 0.5) is 17.3 Å². The SMILES string of the molecule is C=CCn1c(=O)c2cnc(Nc3ccc(N4CCN(CCCC(=O)NCCCCCC(=O)NC(C(=O)N5CC(O)CC5C(=O)NCc5ccc(-c6scnc6C)cc5)C(C)(C)C)CC4)cc3)nc2n1-c1cccc(C(C)(C)O)n1. The maximum atomic E-state index is 14.1. The Morgan fingerprint density at radius 3 is 2.29 bits per heavy atom. The zero-order chi connectivity index (χ0) is 56.4. The largest absolute Gasteiger partial charge is 0.391 e. The van der Waals surface area contributed by atoms with Gasteiger partial charge in [-0.05, 0) is 99.5 Å². The second-order valence-corrected chi connectivity index (χ2v) is 22.9. The molecule has 6 aromatic rings. The number of fused-ring (bicyclic) bond motifs is 1. The molecule has 8 rings (SSSR count). The van der Waals surface area contributed by atoms with Gasteiger partial charge in [0.05, 0.1) is 34.4 Å². The highest BCUT2D eigenvalue weighted by Crippen LogP contribution is 2.30. The Morgan fingerprint density at radius 2 is 1.61 bits per heavy atom. The second-order valence-electron chi connectivity index (χ2n) is 22.1. The molecule has 79 heavy (non-hydrogen) atoms. The third-order valence-corrected chi connectivity index (χ3v) is 15.4. The van der Waals surface area contributed by atoms with Crippen LogP contribution in [-0.4, -0.2) is 137 Å². The Kier molecular flexibility index (Phi) is 18.8. The standard InChI is InChI=1S/C58H75N13O7S/c1-8-27-70-54(76)44-35-61-56(66-52(44)71(70)47-15-12-14-46(64-47)58(6,7)78)63-41-22-24-42(25-23-41)68-31-29-67(30-32-68)28-13-17-48(73)59-26-11-9-10-16-49(74)65-51(57(3,4)5)55(77)69-36-43(72)33-45(69)53(75)60-34-39-18-20-40(21-19-39)50-38(2)62-37-79-50/h8,12,14-15,18-25,35,37,43,45,51,72,78H,1,9-11,13,16-17,26-34,36H2,2-7H3,(H,59,73)(H,60,75)(H,65,74)(H,61,63,66). The highest BCUT2D eigenvalue weighted by Gasteiger charge is 2.44. The number of benzene rings is 2. The van der Waals surface area contributed by atoms with Gasteiger partial charge < -0.3 is 41.3 Å². The van der Waals surface area contributed by atoms with E-state index in [1.165, 1.54) is 15.8 Å². The number of aliphatic hydroxyl groups is 2. The number of hydrogen-bond donors (Lipinski definition) is 6. The van der Waals surface area contributed by atoms with E-state index in [1.54, 1.807) is 54.1 Å². The van der Waals surface area contributed by atoms with Crippen LogP contribution in [0.15, 0.2) is 95.9 Å². The fourth-order valence-electron chi connectivity index (χ4n) is 9.99. The number of amides is 4. The summed E-state index contributed by atoms with van der Waals surface area (Å²) in [5.41, 5.74) is 5.29. The fraction of sp³-hybridized carbons (Fsp3) is 0.466. The smallest absolute Gasteiger partial charge is 0.278 e. The molecule has 4 amide bonds. The Morgan fingerprint density at radius 1 is 0.873 bits per heavy atom. The van der Waals surface area contributed by atoms with Crippen LogP contribution in [0.3, 0.4) is 0 Å². The number of allylic oxidation sites excluding steroid dienone is 1. The Hall–Kier alpha value is -7.33. The van der Waals surface area contributed by atoms with Crippen LogP contribution in [0, 0.1) is 12.3 Å². The minimum atomic E-state index is -1.19. The molecule has 0 bridgehead atoms. The summed E-state index contributed by atoms with van der Waals surface area (Å²) in [7, 11) is 0. The number of nitrogens with zero attached hydrogens (tertiary/aromatic N) is 9. The molecule has 2 saturated heterocycles. The van der Waals surface area contributed by atoms with Crippen molar-refractivity contribution >= 4 is 63.3 Å². The Labute approximate surface area is 465 Å². The van der Waals surface area contributed by atoms with Crippen LogP contribution in [0.1, 0.15) is 96.5 Å². The predicted octanol–water partition coefficient (Wildman–Crippen LogP) is 5.95. The van der Waals surface area contributed by atoms with E-state index in [0.29, 0.717) is 47.9 Å². The minimum Gasteiger partial charge on any atom is -0.391 e. The Bertz CT molecular complexity index is 3150. The first-order chi connectivity index (χ1) is 37.8. The molecule has 0 saturated carbocycles. The summed E-state index contributed by atoms with van der Waals surface area (Å²) < 4.78 is 3.12. The van der Waals surface area contributed by atoms with Crippen molar-refractivity contribution in [1.29, 1.82) is 0 Å². The summed E-state index contributed by atoms with van der Waals surface area (Å²) in [6, 6.07) is 19.5. The number of pyridine rings is 1.